The molecule has 1 saturated carbocycles. The Balaban J connectivity index is 1.90. The van der Waals surface area contributed by atoms with E-state index in [1.165, 1.54) is 6.92 Å². The second-order valence-electron chi connectivity index (χ2n) is 4.91. The van der Waals surface area contributed by atoms with Gasteiger partial charge in [0.15, 0.2) is 0 Å². The molecule has 2 rings (SSSR count). The number of rotatable bonds is 5. The highest BCUT2D eigenvalue weighted by Crippen LogP contribution is 2.20. The van der Waals surface area contributed by atoms with Gasteiger partial charge in [-0.1, -0.05) is 0 Å². The lowest BCUT2D eigenvalue weighted by molar-refractivity contribution is -0.115. The van der Waals surface area contributed by atoms with Gasteiger partial charge in [0.05, 0.1) is 6.54 Å². The maximum absolute atomic E-state index is 11.7. The number of carbonyl (C=O) groups excluding carboxylic acids is 2. The maximum atomic E-state index is 11.7. The van der Waals surface area contributed by atoms with Crippen molar-refractivity contribution in [1.29, 1.82) is 0 Å². The maximum Gasteiger partial charge on any atom is 0.238 e. The third kappa shape index (κ3) is 4.37. The highest BCUT2D eigenvalue weighted by molar-refractivity contribution is 5.93. The van der Waals surface area contributed by atoms with Crippen LogP contribution in [0.1, 0.15) is 25.3 Å². The number of aryl methyl sites for hydroxylation is 1. The van der Waals surface area contributed by atoms with Crippen molar-refractivity contribution in [3.05, 3.63) is 23.8 Å². The first kappa shape index (κ1) is 13.5. The van der Waals surface area contributed by atoms with E-state index in [1.54, 1.807) is 12.1 Å². The van der Waals surface area contributed by atoms with Crippen molar-refractivity contribution < 1.29 is 9.59 Å². The number of anilines is 2. The number of carbonyl (C=O) groups is 2. The zero-order valence-corrected chi connectivity index (χ0v) is 11.2. The average Bonchev–Trinajstić information content (AvgIpc) is 3.13. The molecule has 0 atom stereocenters. The molecule has 0 heterocycles. The number of hydrogen-bond donors (Lipinski definition) is 3. The Morgan fingerprint density at radius 3 is 2.58 bits per heavy atom. The average molecular weight is 261 g/mol. The Labute approximate surface area is 112 Å². The van der Waals surface area contributed by atoms with Gasteiger partial charge in [-0.3, -0.25) is 9.59 Å². The highest BCUT2D eigenvalue weighted by atomic mass is 16.2. The normalized spacial score (nSPS) is 14.0. The van der Waals surface area contributed by atoms with E-state index in [9.17, 15) is 9.59 Å². The molecule has 19 heavy (non-hydrogen) atoms. The molecule has 0 saturated heterocycles. The van der Waals surface area contributed by atoms with Crippen molar-refractivity contribution in [2.24, 2.45) is 0 Å². The molecule has 0 radical (unpaired) electrons. The van der Waals surface area contributed by atoms with Gasteiger partial charge in [0.2, 0.25) is 11.8 Å². The molecule has 1 aliphatic carbocycles. The van der Waals surface area contributed by atoms with Crippen molar-refractivity contribution in [3.8, 4) is 0 Å². The molecule has 0 aliphatic heterocycles. The summed E-state index contributed by atoms with van der Waals surface area (Å²) in [6.45, 7) is 3.71. The van der Waals surface area contributed by atoms with E-state index in [4.69, 9.17) is 0 Å². The summed E-state index contributed by atoms with van der Waals surface area (Å²) in [4.78, 5) is 22.7. The third-order valence-electron chi connectivity index (χ3n) is 2.95. The molecule has 102 valence electrons. The molecule has 2 amide bonds. The summed E-state index contributed by atoms with van der Waals surface area (Å²) in [5, 5.41) is 8.73. The monoisotopic (exact) mass is 261 g/mol. The minimum atomic E-state index is -0.103. The molecular formula is C14H19N3O2. The lowest BCUT2D eigenvalue weighted by Crippen LogP contribution is -2.29. The van der Waals surface area contributed by atoms with Crippen LogP contribution in [0.3, 0.4) is 0 Å². The predicted molar refractivity (Wildman–Crippen MR) is 75.1 cm³/mol. The van der Waals surface area contributed by atoms with E-state index in [0.717, 1.165) is 29.8 Å². The van der Waals surface area contributed by atoms with Crippen molar-refractivity contribution in [2.45, 2.75) is 32.7 Å². The second-order valence-corrected chi connectivity index (χ2v) is 4.91. The van der Waals surface area contributed by atoms with Crippen LogP contribution in [-0.4, -0.2) is 24.4 Å². The van der Waals surface area contributed by atoms with E-state index in [2.05, 4.69) is 16.0 Å². The molecule has 0 unspecified atom stereocenters. The van der Waals surface area contributed by atoms with Crippen LogP contribution in [0.25, 0.3) is 0 Å². The summed E-state index contributed by atoms with van der Waals surface area (Å²) < 4.78 is 0. The molecule has 3 N–H and O–H groups in total. The van der Waals surface area contributed by atoms with Crippen LogP contribution in [0.15, 0.2) is 18.2 Å². The van der Waals surface area contributed by atoms with E-state index >= 15 is 0 Å². The van der Waals surface area contributed by atoms with Crippen LogP contribution in [0.2, 0.25) is 0 Å². The van der Waals surface area contributed by atoms with E-state index < -0.39 is 0 Å². The first-order chi connectivity index (χ1) is 9.04. The van der Waals surface area contributed by atoms with Gasteiger partial charge in [0, 0.05) is 24.3 Å². The topological polar surface area (TPSA) is 70.2 Å². The van der Waals surface area contributed by atoms with Crippen LogP contribution in [0, 0.1) is 6.92 Å². The van der Waals surface area contributed by atoms with Crippen molar-refractivity contribution >= 4 is 23.2 Å². The van der Waals surface area contributed by atoms with Crippen LogP contribution < -0.4 is 16.0 Å². The number of amides is 2. The molecule has 5 nitrogen and oxygen atoms in total. The first-order valence-corrected chi connectivity index (χ1v) is 6.46. The molecule has 0 bridgehead atoms. The van der Waals surface area contributed by atoms with Crippen LogP contribution in [0.5, 0.6) is 0 Å². The van der Waals surface area contributed by atoms with Crippen LogP contribution in [-0.2, 0) is 9.59 Å². The van der Waals surface area contributed by atoms with Gasteiger partial charge in [-0.15, -0.1) is 0 Å². The number of nitrogens with one attached hydrogen (secondary N) is 3. The Bertz CT molecular complexity index is 495. The summed E-state index contributed by atoms with van der Waals surface area (Å²) in [7, 11) is 0. The molecule has 1 aromatic rings. The first-order valence-electron chi connectivity index (χ1n) is 6.46. The van der Waals surface area contributed by atoms with Crippen molar-refractivity contribution in [2.75, 3.05) is 17.2 Å². The fourth-order valence-electron chi connectivity index (χ4n) is 1.80. The van der Waals surface area contributed by atoms with Gasteiger partial charge >= 0.3 is 0 Å². The van der Waals surface area contributed by atoms with Gasteiger partial charge in [0.1, 0.15) is 0 Å². The molecule has 5 heteroatoms. The Hall–Kier alpha value is -1.88. The molecule has 1 aromatic carbocycles. The SMILES string of the molecule is CC(=O)Nc1ccc(NC(=O)CNC2CC2)cc1C. The summed E-state index contributed by atoms with van der Waals surface area (Å²) >= 11 is 0. The lowest BCUT2D eigenvalue weighted by Gasteiger charge is -2.10. The van der Waals surface area contributed by atoms with Crippen LogP contribution in [0.4, 0.5) is 11.4 Å². The molecular weight excluding hydrogens is 242 g/mol. The van der Waals surface area contributed by atoms with E-state index in [1.807, 2.05) is 13.0 Å². The Kier molecular flexibility index (Phi) is 4.16. The predicted octanol–water partition coefficient (Wildman–Crippen LogP) is 1.64. The van der Waals surface area contributed by atoms with Gasteiger partial charge in [0.25, 0.3) is 0 Å². The standard InChI is InChI=1S/C14H19N3O2/c1-9-7-12(5-6-13(9)16-10(2)18)17-14(19)8-15-11-3-4-11/h5-7,11,15H,3-4,8H2,1-2H3,(H,16,18)(H,17,19). The highest BCUT2D eigenvalue weighted by Gasteiger charge is 2.21. The number of hydrogen-bond acceptors (Lipinski definition) is 3. The minimum Gasteiger partial charge on any atom is -0.326 e. The fourth-order valence-corrected chi connectivity index (χ4v) is 1.80. The Morgan fingerprint density at radius 2 is 2.00 bits per heavy atom. The summed E-state index contributed by atoms with van der Waals surface area (Å²) in [5.74, 6) is -0.146. The van der Waals surface area contributed by atoms with Gasteiger partial charge in [-0.25, -0.2) is 0 Å². The Morgan fingerprint density at radius 1 is 1.26 bits per heavy atom. The van der Waals surface area contributed by atoms with Crippen molar-refractivity contribution in [3.63, 3.8) is 0 Å². The van der Waals surface area contributed by atoms with Crippen molar-refractivity contribution in [1.82, 2.24) is 5.32 Å². The van der Waals surface area contributed by atoms with E-state index in [-0.39, 0.29) is 11.8 Å². The second kappa shape index (κ2) is 5.84. The molecule has 1 aliphatic rings. The molecule has 1 fully saturated rings. The third-order valence-corrected chi connectivity index (χ3v) is 2.95. The van der Waals surface area contributed by atoms with Gasteiger partial charge in [-0.2, -0.15) is 0 Å². The van der Waals surface area contributed by atoms with E-state index in [0.29, 0.717) is 12.6 Å². The zero-order valence-electron chi connectivity index (χ0n) is 11.2. The van der Waals surface area contributed by atoms with Crippen LogP contribution >= 0.6 is 0 Å². The molecule has 0 spiro atoms. The molecule has 0 aromatic heterocycles. The minimum absolute atomic E-state index is 0.0430. The fraction of sp³-hybridized carbons (Fsp3) is 0.429. The summed E-state index contributed by atoms with van der Waals surface area (Å²) in [5.41, 5.74) is 2.43. The van der Waals surface area contributed by atoms with Gasteiger partial charge < -0.3 is 16.0 Å². The smallest absolute Gasteiger partial charge is 0.238 e. The summed E-state index contributed by atoms with van der Waals surface area (Å²) in [6, 6.07) is 5.95. The largest absolute Gasteiger partial charge is 0.326 e. The quantitative estimate of drug-likeness (QED) is 0.754. The zero-order chi connectivity index (χ0) is 13.8. The lowest BCUT2D eigenvalue weighted by atomic mass is 10.1. The number of benzene rings is 1. The summed E-state index contributed by atoms with van der Waals surface area (Å²) in [6.07, 6.45) is 2.33. The van der Waals surface area contributed by atoms with Gasteiger partial charge in [-0.05, 0) is 43.5 Å².